The van der Waals surface area contributed by atoms with Gasteiger partial charge in [0.2, 0.25) is 0 Å². The van der Waals surface area contributed by atoms with Gasteiger partial charge >= 0.3 is 0 Å². The zero-order valence-electron chi connectivity index (χ0n) is 14.6. The van der Waals surface area contributed by atoms with Crippen LogP contribution in [0.3, 0.4) is 0 Å². The largest absolute Gasteiger partial charge is 0.356 e. The third-order valence-electron chi connectivity index (χ3n) is 3.69. The van der Waals surface area contributed by atoms with Crippen LogP contribution in [-0.4, -0.2) is 43.0 Å². The van der Waals surface area contributed by atoms with E-state index in [9.17, 15) is 0 Å². The van der Waals surface area contributed by atoms with E-state index in [1.165, 1.54) is 5.56 Å². The highest BCUT2D eigenvalue weighted by Crippen LogP contribution is 2.02. The molecule has 128 valence electrons. The highest BCUT2D eigenvalue weighted by Gasteiger charge is 2.01. The number of nitrogens with zero attached hydrogens (tertiary/aromatic N) is 3. The van der Waals surface area contributed by atoms with Crippen LogP contribution in [0.4, 0.5) is 0 Å². The van der Waals surface area contributed by atoms with Gasteiger partial charge in [-0.2, -0.15) is 0 Å². The molecule has 5 nitrogen and oxygen atoms in total. The van der Waals surface area contributed by atoms with Crippen LogP contribution in [0, 0.1) is 0 Å². The van der Waals surface area contributed by atoms with Crippen LogP contribution in [0.1, 0.15) is 17.7 Å². The standard InChI is InChI=1S/C19H27N5/c1-20-19(23-15-18-11-6-7-12-21-18)22-13-8-14-24(2)16-17-9-4-3-5-10-17/h3-7,9-12H,8,13-16H2,1-2H3,(H2,20,22,23). The predicted molar refractivity (Wildman–Crippen MR) is 99.8 cm³/mol. The molecule has 1 aromatic carbocycles. The van der Waals surface area contributed by atoms with Crippen molar-refractivity contribution in [2.45, 2.75) is 19.5 Å². The molecule has 0 radical (unpaired) electrons. The fourth-order valence-electron chi connectivity index (χ4n) is 2.43. The van der Waals surface area contributed by atoms with Crippen LogP contribution in [0.25, 0.3) is 0 Å². The molecule has 0 aliphatic rings. The van der Waals surface area contributed by atoms with Crippen LogP contribution in [0.2, 0.25) is 0 Å². The first-order valence-corrected chi connectivity index (χ1v) is 8.35. The third-order valence-corrected chi connectivity index (χ3v) is 3.69. The van der Waals surface area contributed by atoms with Crippen molar-refractivity contribution in [2.24, 2.45) is 4.99 Å². The summed E-state index contributed by atoms with van der Waals surface area (Å²) in [7, 11) is 3.94. The number of hydrogen-bond donors (Lipinski definition) is 2. The Morgan fingerprint density at radius 2 is 1.88 bits per heavy atom. The monoisotopic (exact) mass is 325 g/mol. The molecule has 0 saturated heterocycles. The van der Waals surface area contributed by atoms with Gasteiger partial charge in [0.15, 0.2) is 5.96 Å². The number of hydrogen-bond acceptors (Lipinski definition) is 3. The average Bonchev–Trinajstić information content (AvgIpc) is 2.63. The van der Waals surface area contributed by atoms with Gasteiger partial charge in [0, 0.05) is 26.3 Å². The summed E-state index contributed by atoms with van der Waals surface area (Å²) in [6.07, 6.45) is 2.86. The molecule has 2 N–H and O–H groups in total. The average molecular weight is 325 g/mol. The number of nitrogens with one attached hydrogen (secondary N) is 2. The van der Waals surface area contributed by atoms with Gasteiger partial charge in [-0.15, -0.1) is 0 Å². The smallest absolute Gasteiger partial charge is 0.191 e. The molecule has 0 amide bonds. The van der Waals surface area contributed by atoms with Crippen LogP contribution < -0.4 is 10.6 Å². The van der Waals surface area contributed by atoms with E-state index in [0.29, 0.717) is 6.54 Å². The number of aliphatic imine (C=N–C) groups is 1. The summed E-state index contributed by atoms with van der Waals surface area (Å²) < 4.78 is 0. The lowest BCUT2D eigenvalue weighted by Gasteiger charge is -2.17. The Balaban J connectivity index is 1.61. The summed E-state index contributed by atoms with van der Waals surface area (Å²) in [6, 6.07) is 16.5. The summed E-state index contributed by atoms with van der Waals surface area (Å²) in [6.45, 7) is 3.59. The minimum atomic E-state index is 0.675. The van der Waals surface area contributed by atoms with Crippen LogP contribution in [0.15, 0.2) is 59.7 Å². The van der Waals surface area contributed by atoms with E-state index in [0.717, 1.165) is 37.7 Å². The minimum absolute atomic E-state index is 0.675. The number of aromatic nitrogens is 1. The van der Waals surface area contributed by atoms with Crippen molar-refractivity contribution in [1.82, 2.24) is 20.5 Å². The first-order valence-electron chi connectivity index (χ1n) is 8.35. The second kappa shape index (κ2) is 10.4. The number of pyridine rings is 1. The second-order valence-corrected chi connectivity index (χ2v) is 5.75. The molecule has 2 aromatic rings. The van der Waals surface area contributed by atoms with Gasteiger partial charge in [-0.3, -0.25) is 9.98 Å². The van der Waals surface area contributed by atoms with E-state index >= 15 is 0 Å². The van der Waals surface area contributed by atoms with E-state index in [1.54, 1.807) is 13.2 Å². The third kappa shape index (κ3) is 6.79. The zero-order chi connectivity index (χ0) is 17.0. The molecule has 0 aliphatic carbocycles. The quantitative estimate of drug-likeness (QED) is 0.444. The van der Waals surface area contributed by atoms with E-state index in [2.05, 4.69) is 62.9 Å². The molecule has 0 atom stereocenters. The van der Waals surface area contributed by atoms with Crippen molar-refractivity contribution >= 4 is 5.96 Å². The lowest BCUT2D eigenvalue weighted by Crippen LogP contribution is -2.38. The van der Waals surface area contributed by atoms with Gasteiger partial charge in [-0.25, -0.2) is 0 Å². The summed E-state index contributed by atoms with van der Waals surface area (Å²) in [5.41, 5.74) is 2.35. The Morgan fingerprint density at radius 1 is 1.08 bits per heavy atom. The fourth-order valence-corrected chi connectivity index (χ4v) is 2.43. The van der Waals surface area contributed by atoms with Gasteiger partial charge in [0.05, 0.1) is 12.2 Å². The maximum atomic E-state index is 4.29. The molecule has 24 heavy (non-hydrogen) atoms. The topological polar surface area (TPSA) is 52.6 Å². The van der Waals surface area contributed by atoms with Gasteiger partial charge < -0.3 is 15.5 Å². The first-order chi connectivity index (χ1) is 11.8. The summed E-state index contributed by atoms with van der Waals surface area (Å²) in [5, 5.41) is 6.62. The van der Waals surface area contributed by atoms with Gasteiger partial charge in [0.1, 0.15) is 0 Å². The van der Waals surface area contributed by atoms with Crippen molar-refractivity contribution in [1.29, 1.82) is 0 Å². The van der Waals surface area contributed by atoms with E-state index in [4.69, 9.17) is 0 Å². The maximum Gasteiger partial charge on any atom is 0.191 e. The molecule has 0 spiro atoms. The Kier molecular flexibility index (Phi) is 7.77. The van der Waals surface area contributed by atoms with Crippen molar-refractivity contribution in [2.75, 3.05) is 27.2 Å². The van der Waals surface area contributed by atoms with E-state index < -0.39 is 0 Å². The lowest BCUT2D eigenvalue weighted by atomic mass is 10.2. The second-order valence-electron chi connectivity index (χ2n) is 5.75. The Bertz CT molecular complexity index is 598. The molecule has 0 saturated carbocycles. The molecular formula is C19H27N5. The van der Waals surface area contributed by atoms with Crippen LogP contribution in [-0.2, 0) is 13.1 Å². The molecule has 1 heterocycles. The molecule has 0 aliphatic heterocycles. The van der Waals surface area contributed by atoms with E-state index in [1.807, 2.05) is 18.2 Å². The molecular weight excluding hydrogens is 298 g/mol. The molecule has 1 aromatic heterocycles. The zero-order valence-corrected chi connectivity index (χ0v) is 14.6. The summed E-state index contributed by atoms with van der Waals surface area (Å²) in [4.78, 5) is 10.9. The Labute approximate surface area is 144 Å². The van der Waals surface area contributed by atoms with Crippen molar-refractivity contribution < 1.29 is 0 Å². The molecule has 5 heteroatoms. The molecule has 0 unspecified atom stereocenters. The Hall–Kier alpha value is -2.40. The highest BCUT2D eigenvalue weighted by atomic mass is 15.2. The summed E-state index contributed by atoms with van der Waals surface area (Å²) in [5.74, 6) is 0.811. The SMILES string of the molecule is CN=C(NCCCN(C)Cc1ccccc1)NCc1ccccn1. The van der Waals surface area contributed by atoms with Crippen molar-refractivity contribution in [3.8, 4) is 0 Å². The van der Waals surface area contributed by atoms with Gasteiger partial charge in [0.25, 0.3) is 0 Å². The first kappa shape index (κ1) is 17.9. The van der Waals surface area contributed by atoms with E-state index in [-0.39, 0.29) is 0 Å². The fraction of sp³-hybridized carbons (Fsp3) is 0.368. The van der Waals surface area contributed by atoms with Crippen LogP contribution in [0.5, 0.6) is 0 Å². The molecule has 2 rings (SSSR count). The maximum absolute atomic E-state index is 4.29. The molecule has 0 fully saturated rings. The number of rotatable bonds is 8. The van der Waals surface area contributed by atoms with Gasteiger partial charge in [-0.1, -0.05) is 36.4 Å². The normalized spacial score (nSPS) is 11.5. The Morgan fingerprint density at radius 3 is 2.58 bits per heavy atom. The van der Waals surface area contributed by atoms with Gasteiger partial charge in [-0.05, 0) is 37.7 Å². The summed E-state index contributed by atoms with van der Waals surface area (Å²) >= 11 is 0. The highest BCUT2D eigenvalue weighted by molar-refractivity contribution is 5.79. The lowest BCUT2D eigenvalue weighted by molar-refractivity contribution is 0.322. The molecule has 0 bridgehead atoms. The minimum Gasteiger partial charge on any atom is -0.356 e. The predicted octanol–water partition coefficient (Wildman–Crippen LogP) is 2.27. The van der Waals surface area contributed by atoms with Crippen LogP contribution >= 0.6 is 0 Å². The number of benzene rings is 1. The van der Waals surface area contributed by atoms with Crippen molar-refractivity contribution in [3.05, 3.63) is 66.0 Å². The van der Waals surface area contributed by atoms with Crippen molar-refractivity contribution in [3.63, 3.8) is 0 Å². The number of guanidine groups is 1.